The summed E-state index contributed by atoms with van der Waals surface area (Å²) in [7, 11) is 0. The summed E-state index contributed by atoms with van der Waals surface area (Å²) in [5, 5.41) is 17.8. The standard InChI is InChI=1S/C12H11N.2C2H4O2.Cu/c13-12-9-5-4-8-11(12)10-6-2-1-3-7-10;2*1-2(3)4;/h1-9H,13H2;2*1H3,(H,3,4);/q;;;+2/p-2. The maximum absolute atomic E-state index is 8.89. The number of rotatable bonds is 1. The van der Waals surface area contributed by atoms with Crippen molar-refractivity contribution < 1.29 is 36.9 Å². The van der Waals surface area contributed by atoms with Gasteiger partial charge in [-0.15, -0.1) is 0 Å². The number of aliphatic carboxylic acids is 2. The molecule has 2 rings (SSSR count). The number of carboxylic acid groups (broad SMARTS) is 2. The van der Waals surface area contributed by atoms with Crippen molar-refractivity contribution in [1.29, 1.82) is 0 Å². The topological polar surface area (TPSA) is 106 Å². The van der Waals surface area contributed by atoms with Crippen LogP contribution in [-0.4, -0.2) is 11.9 Å². The fourth-order valence-electron chi connectivity index (χ4n) is 1.38. The first-order valence-corrected chi connectivity index (χ1v) is 6.09. The Bertz CT molecular complexity index is 553. The number of para-hydroxylation sites is 1. The predicted octanol–water partition coefficient (Wildman–Crippen LogP) is 0.446. The first-order valence-electron chi connectivity index (χ1n) is 6.09. The molecular weight excluding hydrogens is 334 g/mol. The third-order valence-corrected chi connectivity index (χ3v) is 2.05. The second kappa shape index (κ2) is 12.4. The molecular formula is C16H17CuNO4. The monoisotopic (exact) mass is 350 g/mol. The summed E-state index contributed by atoms with van der Waals surface area (Å²) in [5.74, 6) is -2.17. The van der Waals surface area contributed by atoms with Crippen molar-refractivity contribution in [3.05, 3.63) is 54.6 Å². The molecule has 0 heterocycles. The van der Waals surface area contributed by atoms with Crippen LogP contribution in [0.4, 0.5) is 5.69 Å². The van der Waals surface area contributed by atoms with Gasteiger partial charge >= 0.3 is 17.1 Å². The number of carbonyl (C=O) groups is 2. The van der Waals surface area contributed by atoms with Crippen molar-refractivity contribution in [1.82, 2.24) is 0 Å². The van der Waals surface area contributed by atoms with Crippen molar-refractivity contribution in [2.24, 2.45) is 0 Å². The van der Waals surface area contributed by atoms with Crippen molar-refractivity contribution in [2.75, 3.05) is 5.73 Å². The van der Waals surface area contributed by atoms with E-state index in [1.165, 1.54) is 5.56 Å². The molecule has 0 atom stereocenters. The van der Waals surface area contributed by atoms with E-state index in [0.29, 0.717) is 0 Å². The number of hydrogen-bond acceptors (Lipinski definition) is 5. The van der Waals surface area contributed by atoms with Gasteiger partial charge in [0.25, 0.3) is 0 Å². The summed E-state index contributed by atoms with van der Waals surface area (Å²) in [6, 6.07) is 18.1. The second-order valence-electron chi connectivity index (χ2n) is 3.94. The van der Waals surface area contributed by atoms with E-state index < -0.39 is 11.9 Å². The van der Waals surface area contributed by atoms with Gasteiger partial charge in [0, 0.05) is 23.2 Å². The summed E-state index contributed by atoms with van der Waals surface area (Å²) < 4.78 is 0. The normalized spacial score (nSPS) is 8.09. The average molecular weight is 351 g/mol. The largest absolute Gasteiger partial charge is 2.00 e. The molecule has 0 amide bonds. The first-order chi connectivity index (χ1) is 9.84. The molecule has 2 aromatic rings. The number of hydrogen-bond donors (Lipinski definition) is 1. The van der Waals surface area contributed by atoms with Crippen LogP contribution in [-0.2, 0) is 26.7 Å². The molecule has 0 aliphatic carbocycles. The van der Waals surface area contributed by atoms with Gasteiger partial charge in [0.1, 0.15) is 0 Å². The van der Waals surface area contributed by atoms with E-state index >= 15 is 0 Å². The molecule has 6 heteroatoms. The number of benzene rings is 2. The van der Waals surface area contributed by atoms with Crippen LogP contribution in [0.5, 0.6) is 0 Å². The molecule has 0 spiro atoms. The molecule has 0 aliphatic heterocycles. The number of carboxylic acids is 2. The van der Waals surface area contributed by atoms with Crippen LogP contribution >= 0.6 is 0 Å². The average Bonchev–Trinajstić information content (AvgIpc) is 2.39. The Labute approximate surface area is 140 Å². The second-order valence-corrected chi connectivity index (χ2v) is 3.94. The SMILES string of the molecule is CC(=O)[O-].CC(=O)[O-].Nc1ccccc1-c1ccccc1.[Cu+2]. The zero-order chi connectivity index (χ0) is 16.3. The first kappa shape index (κ1) is 22.0. The maximum atomic E-state index is 8.89. The molecule has 2 N–H and O–H groups in total. The fourth-order valence-corrected chi connectivity index (χ4v) is 1.38. The van der Waals surface area contributed by atoms with Gasteiger partial charge in [-0.05, 0) is 25.5 Å². The van der Waals surface area contributed by atoms with Crippen molar-refractivity contribution in [3.63, 3.8) is 0 Å². The molecule has 0 fully saturated rings. The van der Waals surface area contributed by atoms with Crippen LogP contribution in [0, 0.1) is 0 Å². The summed E-state index contributed by atoms with van der Waals surface area (Å²) >= 11 is 0. The van der Waals surface area contributed by atoms with Gasteiger partial charge in [-0.2, -0.15) is 0 Å². The molecule has 5 nitrogen and oxygen atoms in total. The van der Waals surface area contributed by atoms with Crippen molar-refractivity contribution in [3.8, 4) is 11.1 Å². The van der Waals surface area contributed by atoms with Gasteiger partial charge in [0.15, 0.2) is 0 Å². The van der Waals surface area contributed by atoms with Gasteiger partial charge in [-0.3, -0.25) is 0 Å². The van der Waals surface area contributed by atoms with Crippen molar-refractivity contribution in [2.45, 2.75) is 13.8 Å². The van der Waals surface area contributed by atoms with Gasteiger partial charge in [-0.1, -0.05) is 48.5 Å². The van der Waals surface area contributed by atoms with Crippen molar-refractivity contribution >= 4 is 17.6 Å². The van der Waals surface area contributed by atoms with Gasteiger partial charge < -0.3 is 25.5 Å². The Morgan fingerprint density at radius 2 is 1.18 bits per heavy atom. The Balaban J connectivity index is 0. The third-order valence-electron chi connectivity index (χ3n) is 2.05. The minimum Gasteiger partial charge on any atom is -0.550 e. The van der Waals surface area contributed by atoms with E-state index in [2.05, 4.69) is 12.1 Å². The number of nitrogens with two attached hydrogens (primary N) is 1. The summed E-state index contributed by atoms with van der Waals surface area (Å²) in [6.07, 6.45) is 0. The Morgan fingerprint density at radius 1 is 0.818 bits per heavy atom. The number of anilines is 1. The number of carbonyl (C=O) groups excluding carboxylic acids is 2. The van der Waals surface area contributed by atoms with Crippen LogP contribution in [0.15, 0.2) is 54.6 Å². The zero-order valence-electron chi connectivity index (χ0n) is 12.2. The van der Waals surface area contributed by atoms with E-state index in [9.17, 15) is 0 Å². The molecule has 22 heavy (non-hydrogen) atoms. The summed E-state index contributed by atoms with van der Waals surface area (Å²) in [4.78, 5) is 17.8. The van der Waals surface area contributed by atoms with E-state index in [1.807, 2.05) is 42.5 Å². The molecule has 2 aromatic carbocycles. The Morgan fingerprint density at radius 3 is 1.59 bits per heavy atom. The van der Waals surface area contributed by atoms with E-state index in [0.717, 1.165) is 25.1 Å². The van der Waals surface area contributed by atoms with E-state index in [1.54, 1.807) is 0 Å². The van der Waals surface area contributed by atoms with Crippen LogP contribution in [0.3, 0.4) is 0 Å². The zero-order valence-corrected chi connectivity index (χ0v) is 13.1. The molecule has 0 aliphatic rings. The van der Waals surface area contributed by atoms with Gasteiger partial charge in [-0.25, -0.2) is 0 Å². The fraction of sp³-hybridized carbons (Fsp3) is 0.125. The molecule has 0 aromatic heterocycles. The van der Waals surface area contributed by atoms with Crippen LogP contribution in [0.2, 0.25) is 0 Å². The minimum absolute atomic E-state index is 0. The van der Waals surface area contributed by atoms with Crippen LogP contribution in [0.25, 0.3) is 11.1 Å². The van der Waals surface area contributed by atoms with Gasteiger partial charge in [0.2, 0.25) is 0 Å². The van der Waals surface area contributed by atoms with E-state index in [4.69, 9.17) is 25.5 Å². The number of nitrogen functional groups attached to an aromatic ring is 1. The summed E-state index contributed by atoms with van der Waals surface area (Å²) in [5.41, 5.74) is 8.95. The van der Waals surface area contributed by atoms with Crippen LogP contribution < -0.4 is 15.9 Å². The molecule has 0 bridgehead atoms. The molecule has 1 radical (unpaired) electrons. The van der Waals surface area contributed by atoms with E-state index in [-0.39, 0.29) is 17.1 Å². The third kappa shape index (κ3) is 11.5. The minimum atomic E-state index is -1.08. The maximum Gasteiger partial charge on any atom is 2.00 e. The Kier molecular flexibility index (Phi) is 12.4. The predicted molar refractivity (Wildman–Crippen MR) is 77.7 cm³/mol. The van der Waals surface area contributed by atoms with Crippen LogP contribution in [0.1, 0.15) is 13.8 Å². The quantitative estimate of drug-likeness (QED) is 0.593. The Hall–Kier alpha value is -2.30. The van der Waals surface area contributed by atoms with Gasteiger partial charge in [0.05, 0.1) is 0 Å². The molecule has 0 saturated carbocycles. The molecule has 121 valence electrons. The molecule has 0 unspecified atom stereocenters. The smallest absolute Gasteiger partial charge is 0.550 e. The molecule has 0 saturated heterocycles. The summed E-state index contributed by atoms with van der Waals surface area (Å²) in [6.45, 7) is 1.94.